The highest BCUT2D eigenvalue weighted by atomic mass is 32.2. The van der Waals surface area contributed by atoms with E-state index in [1.807, 2.05) is 24.3 Å². The molecule has 9 heteroatoms. The van der Waals surface area contributed by atoms with Crippen LogP contribution >= 0.6 is 23.5 Å². The number of anilines is 3. The molecule has 3 N–H and O–H groups in total. The second-order valence-corrected chi connectivity index (χ2v) is 8.53. The van der Waals surface area contributed by atoms with Gasteiger partial charge >= 0.3 is 0 Å². The number of fused-ring (bicyclic) bond motifs is 4. The van der Waals surface area contributed by atoms with Gasteiger partial charge in [-0.3, -0.25) is 9.89 Å². The number of hydrogen-bond donors (Lipinski definition) is 3. The van der Waals surface area contributed by atoms with Gasteiger partial charge in [-0.1, -0.05) is 17.8 Å². The Kier molecular flexibility index (Phi) is 3.41. The molecule has 4 heterocycles. The van der Waals surface area contributed by atoms with Gasteiger partial charge in [0, 0.05) is 25.9 Å². The minimum absolute atomic E-state index is 0.0127. The highest BCUT2D eigenvalue weighted by molar-refractivity contribution is 8.01. The zero-order valence-corrected chi connectivity index (χ0v) is 15.9. The monoisotopic (exact) mass is 404 g/mol. The van der Waals surface area contributed by atoms with Crippen LogP contribution in [-0.2, 0) is 4.79 Å². The van der Waals surface area contributed by atoms with Crippen molar-refractivity contribution in [2.45, 2.75) is 14.7 Å². The van der Waals surface area contributed by atoms with Crippen molar-refractivity contribution in [3.8, 4) is 11.4 Å². The SMILES string of the molecule is O=C1CSc2ccc(Nc3nc(-c4c5cccc4S5)nc4cn[nH]c34)cc2N1. The fourth-order valence-electron chi connectivity index (χ4n) is 3.31. The molecule has 2 aromatic heterocycles. The third kappa shape index (κ3) is 2.47. The van der Waals surface area contributed by atoms with E-state index in [1.165, 1.54) is 21.6 Å². The van der Waals surface area contributed by atoms with Gasteiger partial charge < -0.3 is 10.6 Å². The second kappa shape index (κ2) is 5.98. The molecule has 28 heavy (non-hydrogen) atoms. The van der Waals surface area contributed by atoms with Crippen molar-refractivity contribution < 1.29 is 4.79 Å². The largest absolute Gasteiger partial charge is 0.338 e. The molecule has 136 valence electrons. The Morgan fingerprint density at radius 2 is 1.96 bits per heavy atom. The van der Waals surface area contributed by atoms with E-state index in [2.05, 4.69) is 37.9 Å². The summed E-state index contributed by atoms with van der Waals surface area (Å²) < 4.78 is 0. The molecule has 1 amide bonds. The summed E-state index contributed by atoms with van der Waals surface area (Å²) in [5.74, 6) is 1.80. The van der Waals surface area contributed by atoms with Gasteiger partial charge in [-0.25, -0.2) is 9.97 Å². The first-order chi connectivity index (χ1) is 13.7. The molecule has 0 saturated carbocycles. The number of nitrogens with one attached hydrogen (secondary N) is 3. The van der Waals surface area contributed by atoms with Crippen LogP contribution in [0.25, 0.3) is 22.4 Å². The number of nitrogens with zero attached hydrogens (tertiary/aromatic N) is 3. The number of amides is 1. The Bertz CT molecular complexity index is 1260. The number of aromatic nitrogens is 4. The van der Waals surface area contributed by atoms with E-state index in [1.54, 1.807) is 18.0 Å². The number of H-pyrrole nitrogens is 1. The highest BCUT2D eigenvalue weighted by Gasteiger charge is 2.25. The number of carbonyl (C=O) groups is 1. The summed E-state index contributed by atoms with van der Waals surface area (Å²) in [7, 11) is 0. The summed E-state index contributed by atoms with van der Waals surface area (Å²) in [6.45, 7) is 0. The standard InChI is InChI=1S/C19H12N6OS2/c26-15-8-27-12-5-4-9(6-10(12)22-15)21-19-17-11(7-20-25-17)23-18(24-19)16-13-2-1-3-14(16)28-13/h1-7H,8H2,(H,20,25)(H,22,26)(H,21,23,24). The minimum atomic E-state index is 0.0127. The van der Waals surface area contributed by atoms with Gasteiger partial charge in [0.15, 0.2) is 11.6 Å². The summed E-state index contributed by atoms with van der Waals surface area (Å²) in [4.78, 5) is 24.5. The Labute approximate surface area is 167 Å². The summed E-state index contributed by atoms with van der Waals surface area (Å²) in [6, 6.07) is 12.1. The Morgan fingerprint density at radius 3 is 2.82 bits per heavy atom. The average molecular weight is 404 g/mol. The van der Waals surface area contributed by atoms with E-state index in [0.29, 0.717) is 17.4 Å². The summed E-state index contributed by atoms with van der Waals surface area (Å²) in [5, 5.41) is 13.4. The van der Waals surface area contributed by atoms with Gasteiger partial charge in [0.2, 0.25) is 5.91 Å². The molecule has 2 aromatic carbocycles. The Balaban J connectivity index is 1.43. The van der Waals surface area contributed by atoms with Gasteiger partial charge in [0.25, 0.3) is 0 Å². The molecule has 2 aliphatic rings. The van der Waals surface area contributed by atoms with Crippen molar-refractivity contribution in [3.63, 3.8) is 0 Å². The van der Waals surface area contributed by atoms with Crippen molar-refractivity contribution in [2.75, 3.05) is 16.4 Å². The molecule has 0 fully saturated rings. The molecule has 0 radical (unpaired) electrons. The number of benzene rings is 2. The second-order valence-electron chi connectivity index (χ2n) is 6.43. The predicted molar refractivity (Wildman–Crippen MR) is 110 cm³/mol. The van der Waals surface area contributed by atoms with Crippen molar-refractivity contribution in [3.05, 3.63) is 42.6 Å². The lowest BCUT2D eigenvalue weighted by molar-refractivity contribution is -0.113. The van der Waals surface area contributed by atoms with Gasteiger partial charge in [-0.15, -0.1) is 11.8 Å². The van der Waals surface area contributed by atoms with E-state index < -0.39 is 0 Å². The zero-order chi connectivity index (χ0) is 18.7. The van der Waals surface area contributed by atoms with Crippen LogP contribution in [0.3, 0.4) is 0 Å². The normalized spacial score (nSPS) is 14.4. The fourth-order valence-corrected chi connectivity index (χ4v) is 5.09. The molecule has 6 rings (SSSR count). The molecule has 0 saturated heterocycles. The molecular weight excluding hydrogens is 392 g/mol. The maximum atomic E-state index is 11.7. The van der Waals surface area contributed by atoms with E-state index in [-0.39, 0.29) is 5.91 Å². The van der Waals surface area contributed by atoms with Gasteiger partial charge in [-0.05, 0) is 30.3 Å². The number of rotatable bonds is 3. The predicted octanol–water partition coefficient (Wildman–Crippen LogP) is 4.27. The Hall–Kier alpha value is -3.04. The van der Waals surface area contributed by atoms with Crippen LogP contribution in [0.2, 0.25) is 0 Å². The highest BCUT2D eigenvalue weighted by Crippen LogP contribution is 2.50. The molecule has 2 bridgehead atoms. The first kappa shape index (κ1) is 16.0. The third-order valence-corrected chi connectivity index (χ3v) is 6.80. The maximum absolute atomic E-state index is 11.7. The molecular formula is C19H12N6OS2. The lowest BCUT2D eigenvalue weighted by Gasteiger charge is -2.21. The molecule has 7 nitrogen and oxygen atoms in total. The Morgan fingerprint density at radius 1 is 1.07 bits per heavy atom. The van der Waals surface area contributed by atoms with Crippen LogP contribution in [0.5, 0.6) is 0 Å². The number of carbonyl (C=O) groups excluding carboxylic acids is 1. The quantitative estimate of drug-likeness (QED) is 0.413. The van der Waals surface area contributed by atoms with Crippen molar-refractivity contribution in [1.29, 1.82) is 0 Å². The average Bonchev–Trinajstić information content (AvgIpc) is 3.17. The first-order valence-corrected chi connectivity index (χ1v) is 10.4. The van der Waals surface area contributed by atoms with Crippen LogP contribution in [-0.4, -0.2) is 31.8 Å². The topological polar surface area (TPSA) is 95.6 Å². The van der Waals surface area contributed by atoms with Crippen LogP contribution in [0.15, 0.2) is 57.3 Å². The van der Waals surface area contributed by atoms with Gasteiger partial charge in [0.1, 0.15) is 11.0 Å². The minimum Gasteiger partial charge on any atom is -0.338 e. The lowest BCUT2D eigenvalue weighted by atomic mass is 10.2. The lowest BCUT2D eigenvalue weighted by Crippen LogP contribution is -2.18. The number of hydrogen-bond acceptors (Lipinski definition) is 7. The fraction of sp³-hybridized carbons (Fsp3) is 0.0526. The van der Waals surface area contributed by atoms with Crippen LogP contribution in [0, 0.1) is 0 Å². The van der Waals surface area contributed by atoms with E-state index in [9.17, 15) is 4.79 Å². The summed E-state index contributed by atoms with van der Waals surface area (Å²) >= 11 is 3.28. The molecule has 0 unspecified atom stereocenters. The maximum Gasteiger partial charge on any atom is 0.234 e. The van der Waals surface area contributed by atoms with Crippen LogP contribution in [0.1, 0.15) is 0 Å². The number of thioether (sulfide) groups is 1. The smallest absolute Gasteiger partial charge is 0.234 e. The summed E-state index contributed by atoms with van der Waals surface area (Å²) in [5.41, 5.74) is 4.22. The van der Waals surface area contributed by atoms with E-state index >= 15 is 0 Å². The molecule has 0 atom stereocenters. The van der Waals surface area contributed by atoms with Crippen molar-refractivity contribution >= 4 is 57.7 Å². The van der Waals surface area contributed by atoms with Gasteiger partial charge in [-0.2, -0.15) is 5.10 Å². The number of aromatic amines is 1. The third-order valence-electron chi connectivity index (χ3n) is 4.61. The van der Waals surface area contributed by atoms with Crippen molar-refractivity contribution in [1.82, 2.24) is 20.2 Å². The van der Waals surface area contributed by atoms with E-state index in [4.69, 9.17) is 4.98 Å². The molecule has 2 aliphatic heterocycles. The van der Waals surface area contributed by atoms with Crippen molar-refractivity contribution in [2.24, 2.45) is 0 Å². The van der Waals surface area contributed by atoms with Gasteiger partial charge in [0.05, 0.1) is 17.6 Å². The van der Waals surface area contributed by atoms with Crippen LogP contribution < -0.4 is 10.6 Å². The molecule has 0 aliphatic carbocycles. The molecule has 0 spiro atoms. The van der Waals surface area contributed by atoms with E-state index in [0.717, 1.165) is 32.9 Å². The van der Waals surface area contributed by atoms with Crippen LogP contribution in [0.4, 0.5) is 17.2 Å². The molecule has 4 aromatic rings. The zero-order valence-electron chi connectivity index (χ0n) is 14.3. The summed E-state index contributed by atoms with van der Waals surface area (Å²) in [6.07, 6.45) is 1.70. The first-order valence-electron chi connectivity index (χ1n) is 8.61.